The lowest BCUT2D eigenvalue weighted by atomic mass is 9.74. The highest BCUT2D eigenvalue weighted by Crippen LogP contribution is 2.43. The molecular formula is C23H34O6. The number of benzene rings is 1. The molecule has 0 fully saturated rings. The van der Waals surface area contributed by atoms with Gasteiger partial charge in [0.1, 0.15) is 0 Å². The van der Waals surface area contributed by atoms with E-state index >= 15 is 0 Å². The van der Waals surface area contributed by atoms with Gasteiger partial charge in [0.2, 0.25) is 0 Å². The molecule has 1 rings (SSSR count). The number of carbonyl (C=O) groups excluding carboxylic acids is 2. The first-order valence-electron chi connectivity index (χ1n) is 10.3. The smallest absolute Gasteiger partial charge is 0.328 e. The van der Waals surface area contributed by atoms with Crippen LogP contribution in [0.3, 0.4) is 0 Å². The molecule has 0 atom stereocenters. The number of hydrogen-bond donors (Lipinski definition) is 1. The predicted octanol–water partition coefficient (Wildman–Crippen LogP) is 4.46. The van der Waals surface area contributed by atoms with Gasteiger partial charge in [0.15, 0.2) is 16.9 Å². The number of esters is 2. The van der Waals surface area contributed by atoms with Crippen LogP contribution in [-0.4, -0.2) is 37.4 Å². The average Bonchev–Trinajstić information content (AvgIpc) is 2.70. The van der Waals surface area contributed by atoms with Crippen molar-refractivity contribution >= 4 is 11.9 Å². The monoisotopic (exact) mass is 406 g/mol. The van der Waals surface area contributed by atoms with Gasteiger partial charge in [0, 0.05) is 5.56 Å². The molecule has 6 heteroatoms. The first-order chi connectivity index (χ1) is 13.9. The number of aromatic hydroxyl groups is 1. The third kappa shape index (κ3) is 5.75. The molecule has 0 spiro atoms. The Morgan fingerprint density at radius 1 is 1.07 bits per heavy atom. The van der Waals surface area contributed by atoms with Crippen molar-refractivity contribution in [3.8, 4) is 11.5 Å². The Morgan fingerprint density at radius 3 is 2.17 bits per heavy atom. The van der Waals surface area contributed by atoms with Crippen molar-refractivity contribution < 1.29 is 28.9 Å². The highest BCUT2D eigenvalue weighted by Gasteiger charge is 2.52. The minimum absolute atomic E-state index is 0.110. The number of methoxy groups -OCH3 is 1. The number of ether oxygens (including phenoxy) is 3. The van der Waals surface area contributed by atoms with Crippen molar-refractivity contribution in [2.45, 2.75) is 64.7 Å². The highest BCUT2D eigenvalue weighted by atomic mass is 16.6. The van der Waals surface area contributed by atoms with E-state index in [1.807, 2.05) is 0 Å². The second kappa shape index (κ2) is 12.1. The van der Waals surface area contributed by atoms with E-state index in [0.29, 0.717) is 12.8 Å². The number of phenolic OH excluding ortho intramolecular Hbond substituents is 1. The second-order valence-corrected chi connectivity index (χ2v) is 6.84. The van der Waals surface area contributed by atoms with Gasteiger partial charge in [-0.2, -0.15) is 0 Å². The number of allylic oxidation sites excluding steroid dienone is 1. The molecule has 0 saturated carbocycles. The molecule has 0 heterocycles. The fourth-order valence-electron chi connectivity index (χ4n) is 3.40. The zero-order valence-corrected chi connectivity index (χ0v) is 18.1. The molecule has 1 aromatic carbocycles. The fraction of sp³-hybridized carbons (Fsp3) is 0.565. The van der Waals surface area contributed by atoms with E-state index in [4.69, 9.17) is 14.2 Å². The summed E-state index contributed by atoms with van der Waals surface area (Å²) in [5.74, 6) is -1.51. The van der Waals surface area contributed by atoms with E-state index < -0.39 is 17.4 Å². The number of carbonyl (C=O) groups is 2. The molecule has 0 bridgehead atoms. The number of rotatable bonds is 13. The summed E-state index contributed by atoms with van der Waals surface area (Å²) < 4.78 is 15.9. The lowest BCUT2D eigenvalue weighted by Crippen LogP contribution is -2.46. The minimum atomic E-state index is -1.76. The Bertz CT molecular complexity index is 677. The zero-order valence-electron chi connectivity index (χ0n) is 18.1. The molecule has 29 heavy (non-hydrogen) atoms. The van der Waals surface area contributed by atoms with Gasteiger partial charge in [-0.3, -0.25) is 9.59 Å². The van der Waals surface area contributed by atoms with Crippen molar-refractivity contribution in [3.05, 3.63) is 35.9 Å². The molecule has 162 valence electrons. The Morgan fingerprint density at radius 2 is 1.69 bits per heavy atom. The quantitative estimate of drug-likeness (QED) is 0.225. The predicted molar refractivity (Wildman–Crippen MR) is 112 cm³/mol. The minimum Gasteiger partial charge on any atom is -0.504 e. The summed E-state index contributed by atoms with van der Waals surface area (Å²) in [6, 6.07) is 3.31. The standard InChI is InChI=1S/C23H34O6/c1-6-10-11-12-14-23(21(25)28-8-3,22(26)29-9-4)18-15-17(13-7-2)16-19(27-5)20(18)24/h7,15-16,24H,2,6,8-14H2,1,3-5H3. The lowest BCUT2D eigenvalue weighted by molar-refractivity contribution is -0.165. The molecule has 6 nitrogen and oxygen atoms in total. The van der Waals surface area contributed by atoms with Gasteiger partial charge >= 0.3 is 11.9 Å². The molecule has 0 aromatic heterocycles. The first kappa shape index (κ1) is 24.5. The van der Waals surface area contributed by atoms with Gasteiger partial charge in [-0.05, 0) is 44.4 Å². The molecule has 0 saturated heterocycles. The summed E-state index contributed by atoms with van der Waals surface area (Å²) in [7, 11) is 1.42. The zero-order chi connectivity index (χ0) is 21.9. The summed E-state index contributed by atoms with van der Waals surface area (Å²) in [5.41, 5.74) is -0.841. The summed E-state index contributed by atoms with van der Waals surface area (Å²) in [6.07, 6.45) is 5.82. The van der Waals surface area contributed by atoms with Crippen LogP contribution in [-0.2, 0) is 30.9 Å². The van der Waals surface area contributed by atoms with Crippen LogP contribution < -0.4 is 4.74 Å². The normalized spacial score (nSPS) is 11.0. The van der Waals surface area contributed by atoms with Gasteiger partial charge < -0.3 is 19.3 Å². The van der Waals surface area contributed by atoms with Gasteiger partial charge in [0.05, 0.1) is 20.3 Å². The van der Waals surface area contributed by atoms with Crippen molar-refractivity contribution in [1.29, 1.82) is 0 Å². The van der Waals surface area contributed by atoms with Crippen LogP contribution in [0.25, 0.3) is 0 Å². The van der Waals surface area contributed by atoms with Crippen LogP contribution in [0, 0.1) is 0 Å². The second-order valence-electron chi connectivity index (χ2n) is 6.84. The van der Waals surface area contributed by atoms with E-state index in [1.165, 1.54) is 7.11 Å². The lowest BCUT2D eigenvalue weighted by Gasteiger charge is -2.31. The maximum Gasteiger partial charge on any atom is 0.328 e. The molecule has 1 aromatic rings. The van der Waals surface area contributed by atoms with Gasteiger partial charge in [0.25, 0.3) is 0 Å². The summed E-state index contributed by atoms with van der Waals surface area (Å²) in [5, 5.41) is 10.9. The summed E-state index contributed by atoms with van der Waals surface area (Å²) >= 11 is 0. The third-order valence-corrected chi connectivity index (χ3v) is 4.85. The molecule has 0 aliphatic heterocycles. The molecule has 0 aliphatic carbocycles. The SMILES string of the molecule is C=CCc1cc(OC)c(O)c(C(CCCCCC)(C(=O)OCC)C(=O)OCC)c1. The largest absolute Gasteiger partial charge is 0.504 e. The molecule has 1 N–H and O–H groups in total. The summed E-state index contributed by atoms with van der Waals surface area (Å²) in [4.78, 5) is 26.3. The Balaban J connectivity index is 3.70. The number of hydrogen-bond acceptors (Lipinski definition) is 6. The van der Waals surface area contributed by atoms with Crippen molar-refractivity contribution in [1.82, 2.24) is 0 Å². The molecule has 0 amide bonds. The summed E-state index contributed by atoms with van der Waals surface area (Å²) in [6.45, 7) is 9.40. The molecule has 0 unspecified atom stereocenters. The Kier molecular flexibility index (Phi) is 10.3. The van der Waals surface area contributed by atoms with E-state index in [1.54, 1.807) is 32.1 Å². The van der Waals surface area contributed by atoms with Crippen molar-refractivity contribution in [2.75, 3.05) is 20.3 Å². The topological polar surface area (TPSA) is 82.1 Å². The molecule has 0 aliphatic rings. The average molecular weight is 407 g/mol. The van der Waals surface area contributed by atoms with Crippen LogP contribution in [0.15, 0.2) is 24.8 Å². The van der Waals surface area contributed by atoms with Crippen LogP contribution in [0.1, 0.15) is 64.0 Å². The van der Waals surface area contributed by atoms with Crippen LogP contribution in [0.4, 0.5) is 0 Å². The van der Waals surface area contributed by atoms with E-state index in [0.717, 1.165) is 24.8 Å². The van der Waals surface area contributed by atoms with Gasteiger partial charge in [-0.1, -0.05) is 38.7 Å². The third-order valence-electron chi connectivity index (χ3n) is 4.85. The number of unbranched alkanes of at least 4 members (excludes halogenated alkanes) is 3. The van der Waals surface area contributed by atoms with E-state index in [-0.39, 0.29) is 36.7 Å². The van der Waals surface area contributed by atoms with Gasteiger partial charge in [-0.25, -0.2) is 0 Å². The van der Waals surface area contributed by atoms with E-state index in [2.05, 4.69) is 13.5 Å². The van der Waals surface area contributed by atoms with E-state index in [9.17, 15) is 14.7 Å². The van der Waals surface area contributed by atoms with Crippen LogP contribution in [0.2, 0.25) is 0 Å². The maximum atomic E-state index is 13.2. The molecule has 0 radical (unpaired) electrons. The first-order valence-corrected chi connectivity index (χ1v) is 10.3. The maximum absolute atomic E-state index is 13.2. The highest BCUT2D eigenvalue weighted by molar-refractivity contribution is 6.07. The Hall–Kier alpha value is -2.50. The Labute approximate surface area is 173 Å². The number of phenols is 1. The van der Waals surface area contributed by atoms with Gasteiger partial charge in [-0.15, -0.1) is 6.58 Å². The van der Waals surface area contributed by atoms with Crippen LogP contribution >= 0.6 is 0 Å². The fourth-order valence-corrected chi connectivity index (χ4v) is 3.40. The molecular weight excluding hydrogens is 372 g/mol. The van der Waals surface area contributed by atoms with Crippen molar-refractivity contribution in [2.24, 2.45) is 0 Å². The van der Waals surface area contributed by atoms with Crippen molar-refractivity contribution in [3.63, 3.8) is 0 Å². The van der Waals surface area contributed by atoms with Crippen LogP contribution in [0.5, 0.6) is 11.5 Å².